The Morgan fingerprint density at radius 1 is 1.09 bits per heavy atom. The number of para-hydroxylation sites is 2. The number of aromatic nitrogens is 2. The maximum absolute atomic E-state index is 9.42. The number of imidazole rings is 1. The highest BCUT2D eigenvalue weighted by atomic mass is 15.1. The van der Waals surface area contributed by atoms with Gasteiger partial charge in [0.25, 0.3) is 0 Å². The van der Waals surface area contributed by atoms with E-state index in [1.54, 1.807) is 6.08 Å². The van der Waals surface area contributed by atoms with Gasteiger partial charge in [-0.25, -0.2) is 4.98 Å². The minimum absolute atomic E-state index is 0.547. The summed E-state index contributed by atoms with van der Waals surface area (Å²) >= 11 is 0. The monoisotopic (exact) mass is 285 g/mol. The van der Waals surface area contributed by atoms with Crippen molar-refractivity contribution in [2.45, 2.75) is 0 Å². The predicted molar refractivity (Wildman–Crippen MR) is 89.8 cm³/mol. The van der Waals surface area contributed by atoms with Crippen molar-refractivity contribution in [3.63, 3.8) is 0 Å². The van der Waals surface area contributed by atoms with Crippen molar-refractivity contribution in [3.05, 3.63) is 78.1 Å². The quantitative estimate of drug-likeness (QED) is 0.534. The number of fused-ring (bicyclic) bond motifs is 1. The van der Waals surface area contributed by atoms with Crippen LogP contribution in [-0.2, 0) is 7.05 Å². The van der Waals surface area contributed by atoms with E-state index in [1.807, 2.05) is 78.4 Å². The molecule has 3 aromatic rings. The molecule has 3 heteroatoms. The first kappa shape index (κ1) is 13.8. The molecule has 0 saturated carbocycles. The van der Waals surface area contributed by atoms with E-state index in [9.17, 15) is 5.26 Å². The van der Waals surface area contributed by atoms with E-state index >= 15 is 0 Å². The lowest BCUT2D eigenvalue weighted by molar-refractivity contribution is 0.924. The van der Waals surface area contributed by atoms with E-state index in [0.29, 0.717) is 11.4 Å². The molecule has 0 spiro atoms. The fourth-order valence-electron chi connectivity index (χ4n) is 2.37. The van der Waals surface area contributed by atoms with Gasteiger partial charge in [-0.2, -0.15) is 5.26 Å². The van der Waals surface area contributed by atoms with Crippen LogP contribution in [0.4, 0.5) is 0 Å². The number of nitriles is 1. The third-order valence-electron chi connectivity index (χ3n) is 3.50. The lowest BCUT2D eigenvalue weighted by atomic mass is 10.2. The van der Waals surface area contributed by atoms with E-state index < -0.39 is 0 Å². The predicted octanol–water partition coefficient (Wildman–Crippen LogP) is 4.19. The summed E-state index contributed by atoms with van der Waals surface area (Å²) < 4.78 is 1.95. The van der Waals surface area contributed by atoms with Gasteiger partial charge in [0.2, 0.25) is 0 Å². The Balaban J connectivity index is 1.96. The fraction of sp³-hybridized carbons (Fsp3) is 0.0526. The first-order chi connectivity index (χ1) is 10.8. The van der Waals surface area contributed by atoms with Crippen molar-refractivity contribution in [2.75, 3.05) is 0 Å². The average molecular weight is 285 g/mol. The molecule has 0 saturated heterocycles. The van der Waals surface area contributed by atoms with Gasteiger partial charge in [-0.1, -0.05) is 54.6 Å². The van der Waals surface area contributed by atoms with Crippen molar-refractivity contribution >= 4 is 22.7 Å². The Labute approximate surface area is 129 Å². The third-order valence-corrected chi connectivity index (χ3v) is 3.50. The van der Waals surface area contributed by atoms with E-state index in [4.69, 9.17) is 0 Å². The normalized spacial score (nSPS) is 11.9. The van der Waals surface area contributed by atoms with E-state index in [2.05, 4.69) is 11.1 Å². The second-order valence-corrected chi connectivity index (χ2v) is 4.95. The average Bonchev–Trinajstić information content (AvgIpc) is 2.90. The van der Waals surface area contributed by atoms with Crippen molar-refractivity contribution in [2.24, 2.45) is 7.05 Å². The molecule has 0 N–H and O–H groups in total. The highest BCUT2D eigenvalue weighted by Crippen LogP contribution is 2.20. The maximum atomic E-state index is 9.42. The molecule has 106 valence electrons. The standard InChI is InChI=1S/C19H15N3/c1-22-18-13-6-5-12-17(18)21-19(22)16(14-20)11-7-10-15-8-3-2-4-9-15/h2-13H,1H3. The zero-order chi connectivity index (χ0) is 15.4. The molecule has 0 aliphatic heterocycles. The summed E-state index contributed by atoms with van der Waals surface area (Å²) in [5.41, 5.74) is 3.56. The van der Waals surface area contributed by atoms with Crippen molar-refractivity contribution in [3.8, 4) is 6.07 Å². The minimum atomic E-state index is 0.547. The van der Waals surface area contributed by atoms with Crippen LogP contribution in [-0.4, -0.2) is 9.55 Å². The number of hydrogen-bond acceptors (Lipinski definition) is 2. The van der Waals surface area contributed by atoms with Gasteiger partial charge in [0.15, 0.2) is 5.82 Å². The molecule has 0 aliphatic carbocycles. The van der Waals surface area contributed by atoms with Gasteiger partial charge >= 0.3 is 0 Å². The number of rotatable bonds is 3. The van der Waals surface area contributed by atoms with Gasteiger partial charge in [-0.15, -0.1) is 0 Å². The molecular weight excluding hydrogens is 270 g/mol. The van der Waals surface area contributed by atoms with E-state index in [0.717, 1.165) is 16.6 Å². The van der Waals surface area contributed by atoms with E-state index in [1.165, 1.54) is 0 Å². The second-order valence-electron chi connectivity index (χ2n) is 4.95. The smallest absolute Gasteiger partial charge is 0.151 e. The van der Waals surface area contributed by atoms with Crippen LogP contribution in [0.3, 0.4) is 0 Å². The summed E-state index contributed by atoms with van der Waals surface area (Å²) in [5, 5.41) is 9.42. The van der Waals surface area contributed by atoms with E-state index in [-0.39, 0.29) is 0 Å². The molecule has 0 amide bonds. The molecule has 0 unspecified atom stereocenters. The molecule has 0 aliphatic rings. The Hall–Kier alpha value is -3.12. The summed E-state index contributed by atoms with van der Waals surface area (Å²) in [6.07, 6.45) is 5.65. The third kappa shape index (κ3) is 2.68. The van der Waals surface area contributed by atoms with Gasteiger partial charge in [0.1, 0.15) is 6.07 Å². The zero-order valence-electron chi connectivity index (χ0n) is 12.3. The highest BCUT2D eigenvalue weighted by molar-refractivity contribution is 5.83. The molecule has 0 fully saturated rings. The summed E-state index contributed by atoms with van der Waals surface area (Å²) in [6, 6.07) is 20.1. The SMILES string of the molecule is Cn1c(C(C#N)=CC=Cc2ccccc2)nc2ccccc21. The number of aryl methyl sites for hydroxylation is 1. The topological polar surface area (TPSA) is 41.6 Å². The summed E-state index contributed by atoms with van der Waals surface area (Å²) in [4.78, 5) is 4.55. The molecule has 0 radical (unpaired) electrons. The van der Waals surface area contributed by atoms with Crippen LogP contribution in [0.2, 0.25) is 0 Å². The summed E-state index contributed by atoms with van der Waals surface area (Å²) in [7, 11) is 1.93. The van der Waals surface area contributed by atoms with Gasteiger partial charge in [-0.3, -0.25) is 0 Å². The highest BCUT2D eigenvalue weighted by Gasteiger charge is 2.10. The van der Waals surface area contributed by atoms with Crippen molar-refractivity contribution < 1.29 is 0 Å². The molecule has 1 heterocycles. The minimum Gasteiger partial charge on any atom is -0.327 e. The summed E-state index contributed by atoms with van der Waals surface area (Å²) in [6.45, 7) is 0. The largest absolute Gasteiger partial charge is 0.327 e. The molecule has 1 aromatic heterocycles. The van der Waals surface area contributed by atoms with Crippen LogP contribution in [0.25, 0.3) is 22.7 Å². The number of benzene rings is 2. The van der Waals surface area contributed by atoms with Gasteiger partial charge in [-0.05, 0) is 23.8 Å². The fourth-order valence-corrected chi connectivity index (χ4v) is 2.37. The van der Waals surface area contributed by atoms with Crippen LogP contribution in [0.1, 0.15) is 11.4 Å². The first-order valence-corrected chi connectivity index (χ1v) is 7.05. The number of hydrogen-bond donors (Lipinski definition) is 0. The Bertz CT molecular complexity index is 893. The van der Waals surface area contributed by atoms with Gasteiger partial charge in [0.05, 0.1) is 16.6 Å². The first-order valence-electron chi connectivity index (χ1n) is 7.05. The maximum Gasteiger partial charge on any atom is 0.151 e. The lowest BCUT2D eigenvalue weighted by Gasteiger charge is -1.99. The Kier molecular flexibility index (Phi) is 3.84. The summed E-state index contributed by atoms with van der Waals surface area (Å²) in [5.74, 6) is 0.682. The van der Waals surface area contributed by atoms with Crippen LogP contribution in [0, 0.1) is 11.3 Å². The van der Waals surface area contributed by atoms with Gasteiger partial charge < -0.3 is 4.57 Å². The molecule has 0 bridgehead atoms. The van der Waals surface area contributed by atoms with Crippen LogP contribution >= 0.6 is 0 Å². The molecule has 22 heavy (non-hydrogen) atoms. The molecule has 3 rings (SSSR count). The molecular formula is C19H15N3. The van der Waals surface area contributed by atoms with Crippen molar-refractivity contribution in [1.82, 2.24) is 9.55 Å². The van der Waals surface area contributed by atoms with Crippen LogP contribution in [0.15, 0.2) is 66.7 Å². The molecule has 0 atom stereocenters. The second kappa shape index (κ2) is 6.11. The van der Waals surface area contributed by atoms with Crippen LogP contribution < -0.4 is 0 Å². The zero-order valence-corrected chi connectivity index (χ0v) is 12.3. The Morgan fingerprint density at radius 3 is 2.55 bits per heavy atom. The van der Waals surface area contributed by atoms with Crippen molar-refractivity contribution in [1.29, 1.82) is 5.26 Å². The molecule has 3 nitrogen and oxygen atoms in total. The van der Waals surface area contributed by atoms with Crippen LogP contribution in [0.5, 0.6) is 0 Å². The lowest BCUT2D eigenvalue weighted by Crippen LogP contribution is -1.95. The van der Waals surface area contributed by atoms with Gasteiger partial charge in [0, 0.05) is 7.05 Å². The molecule has 2 aromatic carbocycles. The number of nitrogens with zero attached hydrogens (tertiary/aromatic N) is 3. The number of allylic oxidation sites excluding steroid dienone is 3. The Morgan fingerprint density at radius 2 is 1.82 bits per heavy atom.